The largest absolute Gasteiger partial charge is 0.377 e. The second kappa shape index (κ2) is 5.47. The molecule has 0 aromatic carbocycles. The lowest BCUT2D eigenvalue weighted by atomic mass is 10.1. The van der Waals surface area contributed by atoms with Crippen LogP contribution in [0.15, 0.2) is 12.3 Å². The molecule has 1 fully saturated rings. The molecule has 1 saturated heterocycles. The minimum Gasteiger partial charge on any atom is -0.377 e. The van der Waals surface area contributed by atoms with Crippen molar-refractivity contribution in [3.63, 3.8) is 0 Å². The van der Waals surface area contributed by atoms with E-state index >= 15 is 0 Å². The third-order valence-electron chi connectivity index (χ3n) is 3.18. The van der Waals surface area contributed by atoms with Crippen molar-refractivity contribution >= 4 is 5.82 Å². The molecule has 0 radical (unpaired) electrons. The number of pyridine rings is 1. The SMILES string of the molecule is Cc1cc(CCN)cnc1N1CCOCC1C. The number of nitrogens with two attached hydrogens (primary N) is 1. The number of hydrogen-bond donors (Lipinski definition) is 1. The van der Waals surface area contributed by atoms with Gasteiger partial charge >= 0.3 is 0 Å². The number of morpholine rings is 1. The number of aryl methyl sites for hydroxylation is 1. The average molecular weight is 235 g/mol. The van der Waals surface area contributed by atoms with Crippen LogP contribution in [0, 0.1) is 6.92 Å². The van der Waals surface area contributed by atoms with E-state index in [0.717, 1.165) is 32.0 Å². The highest BCUT2D eigenvalue weighted by Gasteiger charge is 2.21. The van der Waals surface area contributed by atoms with Crippen molar-refractivity contribution in [2.45, 2.75) is 26.3 Å². The van der Waals surface area contributed by atoms with Crippen molar-refractivity contribution < 1.29 is 4.74 Å². The van der Waals surface area contributed by atoms with Crippen molar-refractivity contribution in [2.75, 3.05) is 31.2 Å². The van der Waals surface area contributed by atoms with Gasteiger partial charge in [0.05, 0.1) is 19.3 Å². The van der Waals surface area contributed by atoms with Crippen LogP contribution < -0.4 is 10.6 Å². The second-order valence-electron chi connectivity index (χ2n) is 4.64. The molecule has 2 heterocycles. The van der Waals surface area contributed by atoms with Crippen molar-refractivity contribution in [1.29, 1.82) is 0 Å². The van der Waals surface area contributed by atoms with Crippen LogP contribution >= 0.6 is 0 Å². The van der Waals surface area contributed by atoms with E-state index in [1.807, 2.05) is 6.20 Å². The Bertz CT molecular complexity index is 381. The summed E-state index contributed by atoms with van der Waals surface area (Å²) in [5.41, 5.74) is 8.00. The van der Waals surface area contributed by atoms with Crippen LogP contribution in [-0.4, -0.2) is 37.3 Å². The Balaban J connectivity index is 2.20. The first-order valence-corrected chi connectivity index (χ1v) is 6.22. The van der Waals surface area contributed by atoms with Gasteiger partial charge in [-0.15, -0.1) is 0 Å². The van der Waals surface area contributed by atoms with Crippen LogP contribution in [-0.2, 0) is 11.2 Å². The van der Waals surface area contributed by atoms with E-state index in [4.69, 9.17) is 10.5 Å². The first-order chi connectivity index (χ1) is 8.22. The summed E-state index contributed by atoms with van der Waals surface area (Å²) in [5, 5.41) is 0. The summed E-state index contributed by atoms with van der Waals surface area (Å²) >= 11 is 0. The predicted molar refractivity (Wildman–Crippen MR) is 69.4 cm³/mol. The minimum absolute atomic E-state index is 0.398. The number of aromatic nitrogens is 1. The average Bonchev–Trinajstić information content (AvgIpc) is 2.31. The van der Waals surface area contributed by atoms with Gasteiger partial charge in [0.25, 0.3) is 0 Å². The second-order valence-corrected chi connectivity index (χ2v) is 4.64. The zero-order valence-corrected chi connectivity index (χ0v) is 10.6. The number of anilines is 1. The number of rotatable bonds is 3. The summed E-state index contributed by atoms with van der Waals surface area (Å²) in [6.45, 7) is 7.46. The van der Waals surface area contributed by atoms with Crippen LogP contribution in [0.2, 0.25) is 0 Å². The lowest BCUT2D eigenvalue weighted by molar-refractivity contribution is 0.0985. The maximum atomic E-state index is 5.56. The summed E-state index contributed by atoms with van der Waals surface area (Å²) in [6, 6.07) is 2.59. The van der Waals surface area contributed by atoms with E-state index in [1.54, 1.807) is 0 Å². The van der Waals surface area contributed by atoms with Crippen molar-refractivity contribution in [3.05, 3.63) is 23.4 Å². The highest BCUT2D eigenvalue weighted by molar-refractivity contribution is 5.48. The Morgan fingerprint density at radius 2 is 2.41 bits per heavy atom. The lowest BCUT2D eigenvalue weighted by Crippen LogP contribution is -2.44. The molecule has 1 aliphatic heterocycles. The fourth-order valence-corrected chi connectivity index (χ4v) is 2.27. The summed E-state index contributed by atoms with van der Waals surface area (Å²) < 4.78 is 5.45. The van der Waals surface area contributed by atoms with Crippen LogP contribution in [0.5, 0.6) is 0 Å². The Morgan fingerprint density at radius 3 is 3.06 bits per heavy atom. The van der Waals surface area contributed by atoms with Gasteiger partial charge in [-0.05, 0) is 37.9 Å². The molecule has 2 N–H and O–H groups in total. The molecule has 1 unspecified atom stereocenters. The zero-order valence-electron chi connectivity index (χ0n) is 10.6. The van der Waals surface area contributed by atoms with Crippen LogP contribution in [0.4, 0.5) is 5.82 Å². The fraction of sp³-hybridized carbons (Fsp3) is 0.615. The first kappa shape index (κ1) is 12.3. The van der Waals surface area contributed by atoms with E-state index in [1.165, 1.54) is 11.1 Å². The topological polar surface area (TPSA) is 51.4 Å². The molecule has 4 nitrogen and oxygen atoms in total. The van der Waals surface area contributed by atoms with Gasteiger partial charge in [-0.1, -0.05) is 6.07 Å². The molecule has 1 aromatic heterocycles. The van der Waals surface area contributed by atoms with Gasteiger partial charge in [0, 0.05) is 12.7 Å². The Morgan fingerprint density at radius 1 is 1.59 bits per heavy atom. The summed E-state index contributed by atoms with van der Waals surface area (Å²) in [4.78, 5) is 6.91. The summed E-state index contributed by atoms with van der Waals surface area (Å²) in [7, 11) is 0. The normalized spacial score (nSPS) is 20.6. The molecule has 0 saturated carbocycles. The minimum atomic E-state index is 0.398. The Kier molecular flexibility index (Phi) is 3.97. The standard InChI is InChI=1S/C13H21N3O/c1-10-7-12(3-4-14)8-15-13(10)16-5-6-17-9-11(16)2/h7-8,11H,3-6,9,14H2,1-2H3. The quantitative estimate of drug-likeness (QED) is 0.853. The monoisotopic (exact) mass is 235 g/mol. The molecule has 0 bridgehead atoms. The van der Waals surface area contributed by atoms with E-state index in [9.17, 15) is 0 Å². The van der Waals surface area contributed by atoms with E-state index < -0.39 is 0 Å². The zero-order chi connectivity index (χ0) is 12.3. The maximum absolute atomic E-state index is 5.56. The molecule has 0 spiro atoms. The van der Waals surface area contributed by atoms with Gasteiger partial charge in [-0.3, -0.25) is 0 Å². The summed E-state index contributed by atoms with van der Waals surface area (Å²) in [5.74, 6) is 1.08. The molecule has 0 aliphatic carbocycles. The molecule has 1 aromatic rings. The van der Waals surface area contributed by atoms with Gasteiger partial charge in [0.15, 0.2) is 0 Å². The van der Waals surface area contributed by atoms with Crippen LogP contribution in [0.3, 0.4) is 0 Å². The molecule has 94 valence electrons. The molecule has 0 amide bonds. The molecular formula is C13H21N3O. The van der Waals surface area contributed by atoms with Gasteiger partial charge in [0.1, 0.15) is 5.82 Å². The van der Waals surface area contributed by atoms with Crippen molar-refractivity contribution in [3.8, 4) is 0 Å². The van der Waals surface area contributed by atoms with Gasteiger partial charge in [-0.2, -0.15) is 0 Å². The van der Waals surface area contributed by atoms with E-state index in [0.29, 0.717) is 12.6 Å². The first-order valence-electron chi connectivity index (χ1n) is 6.22. The Hall–Kier alpha value is -1.13. The smallest absolute Gasteiger partial charge is 0.131 e. The van der Waals surface area contributed by atoms with E-state index in [-0.39, 0.29) is 0 Å². The Labute approximate surface area is 103 Å². The number of hydrogen-bond acceptors (Lipinski definition) is 4. The molecule has 1 aliphatic rings. The molecule has 4 heteroatoms. The van der Waals surface area contributed by atoms with Crippen LogP contribution in [0.1, 0.15) is 18.1 Å². The maximum Gasteiger partial charge on any atom is 0.131 e. The molecule has 17 heavy (non-hydrogen) atoms. The molecular weight excluding hydrogens is 214 g/mol. The fourth-order valence-electron chi connectivity index (χ4n) is 2.27. The summed E-state index contributed by atoms with van der Waals surface area (Å²) in [6.07, 6.45) is 2.84. The van der Waals surface area contributed by atoms with Crippen LogP contribution in [0.25, 0.3) is 0 Å². The molecule has 2 rings (SSSR count). The van der Waals surface area contributed by atoms with Gasteiger partial charge in [0.2, 0.25) is 0 Å². The third-order valence-corrected chi connectivity index (χ3v) is 3.18. The highest BCUT2D eigenvalue weighted by Crippen LogP contribution is 2.22. The van der Waals surface area contributed by atoms with Gasteiger partial charge < -0.3 is 15.4 Å². The number of ether oxygens (including phenoxy) is 1. The number of nitrogens with zero attached hydrogens (tertiary/aromatic N) is 2. The predicted octanol–water partition coefficient (Wildman–Crippen LogP) is 1.12. The third kappa shape index (κ3) is 2.76. The highest BCUT2D eigenvalue weighted by atomic mass is 16.5. The molecule has 1 atom stereocenters. The van der Waals surface area contributed by atoms with Gasteiger partial charge in [-0.25, -0.2) is 4.98 Å². The van der Waals surface area contributed by atoms with Crippen molar-refractivity contribution in [1.82, 2.24) is 4.98 Å². The van der Waals surface area contributed by atoms with Crippen molar-refractivity contribution in [2.24, 2.45) is 5.73 Å². The lowest BCUT2D eigenvalue weighted by Gasteiger charge is -2.35. The van der Waals surface area contributed by atoms with E-state index in [2.05, 4.69) is 29.8 Å².